The van der Waals surface area contributed by atoms with E-state index in [1.165, 1.54) is 75.5 Å². The Hall–Kier alpha value is -5.96. The molecular weight excluding hydrogens is 611 g/mol. The fourth-order valence-corrected chi connectivity index (χ4v) is 9.62. The highest BCUT2D eigenvalue weighted by atomic mass is 32.1. The van der Waals surface area contributed by atoms with Crippen LogP contribution < -0.4 is 5.32 Å². The lowest BCUT2D eigenvalue weighted by Crippen LogP contribution is -2.28. The lowest BCUT2D eigenvalue weighted by molar-refractivity contribution is 0.768. The smallest absolute Gasteiger partial charge is 0.0713 e. The van der Waals surface area contributed by atoms with Gasteiger partial charge >= 0.3 is 0 Å². The molecule has 0 aliphatic heterocycles. The first-order valence-corrected chi connectivity index (χ1v) is 17.7. The van der Waals surface area contributed by atoms with Crippen molar-refractivity contribution in [3.05, 3.63) is 204 Å². The molecule has 1 heterocycles. The van der Waals surface area contributed by atoms with Gasteiger partial charge in [-0.3, -0.25) is 0 Å². The van der Waals surface area contributed by atoms with Crippen molar-refractivity contribution in [3.8, 4) is 22.3 Å². The van der Waals surface area contributed by atoms with Crippen molar-refractivity contribution in [1.29, 1.82) is 0 Å². The number of benzene rings is 8. The predicted octanol–water partition coefficient (Wildman–Crippen LogP) is 13.0. The molecule has 0 bridgehead atoms. The predicted molar refractivity (Wildman–Crippen MR) is 209 cm³/mol. The quantitative estimate of drug-likeness (QED) is 0.197. The number of hydrogen-bond donors (Lipinski definition) is 1. The maximum atomic E-state index is 3.93. The largest absolute Gasteiger partial charge is 0.354 e. The molecular formula is C47H31NS. The van der Waals surface area contributed by atoms with E-state index in [4.69, 9.17) is 0 Å². The molecule has 0 amide bonds. The van der Waals surface area contributed by atoms with Gasteiger partial charge in [-0.15, -0.1) is 11.3 Å². The van der Waals surface area contributed by atoms with E-state index >= 15 is 0 Å². The van der Waals surface area contributed by atoms with Crippen LogP contribution in [0.15, 0.2) is 182 Å². The fourth-order valence-electron chi connectivity index (χ4n) is 8.31. The first-order chi connectivity index (χ1) is 24.3. The molecule has 1 aliphatic rings. The number of para-hydroxylation sites is 1. The highest BCUT2D eigenvalue weighted by Crippen LogP contribution is 2.58. The van der Waals surface area contributed by atoms with Gasteiger partial charge in [0.1, 0.15) is 0 Å². The van der Waals surface area contributed by atoms with Crippen molar-refractivity contribution in [2.24, 2.45) is 0 Å². The van der Waals surface area contributed by atoms with Gasteiger partial charge in [0.05, 0.1) is 15.8 Å². The molecule has 0 saturated heterocycles. The molecule has 2 heteroatoms. The Morgan fingerprint density at radius 2 is 0.939 bits per heavy atom. The third kappa shape index (κ3) is 4.11. The number of rotatable bonds is 5. The van der Waals surface area contributed by atoms with Crippen LogP contribution in [0.25, 0.3) is 53.2 Å². The van der Waals surface area contributed by atoms with Crippen LogP contribution in [0.3, 0.4) is 0 Å². The van der Waals surface area contributed by atoms with E-state index < -0.39 is 5.41 Å². The Morgan fingerprint density at radius 3 is 1.76 bits per heavy atom. The van der Waals surface area contributed by atoms with Crippen LogP contribution >= 0.6 is 11.3 Å². The molecule has 1 nitrogen and oxygen atoms in total. The summed E-state index contributed by atoms with van der Waals surface area (Å²) in [5.41, 5.74) is 12.0. The summed E-state index contributed by atoms with van der Waals surface area (Å²) in [5, 5.41) is 9.12. The van der Waals surface area contributed by atoms with Gasteiger partial charge in [-0.05, 0) is 61.8 Å². The van der Waals surface area contributed by atoms with Crippen molar-refractivity contribution in [3.63, 3.8) is 0 Å². The Bertz CT molecular complexity index is 2650. The zero-order valence-electron chi connectivity index (χ0n) is 26.7. The molecule has 10 rings (SSSR count). The summed E-state index contributed by atoms with van der Waals surface area (Å²) in [7, 11) is 0. The Balaban J connectivity index is 1.19. The molecule has 0 atom stereocenters. The highest BCUT2D eigenvalue weighted by Gasteiger charge is 2.46. The molecule has 0 radical (unpaired) electrons. The summed E-state index contributed by atoms with van der Waals surface area (Å²) < 4.78 is 2.62. The van der Waals surface area contributed by atoms with Gasteiger partial charge in [-0.2, -0.15) is 0 Å². The summed E-state index contributed by atoms with van der Waals surface area (Å²) in [4.78, 5) is 0. The highest BCUT2D eigenvalue weighted by molar-refractivity contribution is 7.27. The van der Waals surface area contributed by atoms with E-state index in [2.05, 4.69) is 187 Å². The van der Waals surface area contributed by atoms with E-state index in [1.807, 2.05) is 11.3 Å². The first kappa shape index (κ1) is 28.1. The number of fused-ring (bicyclic) bond motifs is 8. The van der Waals surface area contributed by atoms with Crippen LogP contribution in [0.5, 0.6) is 0 Å². The third-order valence-corrected chi connectivity index (χ3v) is 11.6. The van der Waals surface area contributed by atoms with Gasteiger partial charge in [0.2, 0.25) is 0 Å². The number of anilines is 2. The lowest BCUT2D eigenvalue weighted by atomic mass is 9.67. The molecule has 1 aromatic heterocycles. The van der Waals surface area contributed by atoms with Gasteiger partial charge in [-0.1, -0.05) is 170 Å². The standard InChI is InChI=1S/C47H31NS/c1-3-16-32(17-4-1)47(33-18-5-2-6-19-33)40-25-11-9-22-39(40)44-36(23-13-26-41(44)47)35-21-10-12-27-42(35)48-43-28-14-24-37-38-30-29-31-15-7-8-20-34(31)45(38)49-46(37)43/h1-30,48H. The van der Waals surface area contributed by atoms with Crippen LogP contribution in [0.2, 0.25) is 0 Å². The average Bonchev–Trinajstić information content (AvgIpc) is 3.71. The lowest BCUT2D eigenvalue weighted by Gasteiger charge is -2.34. The van der Waals surface area contributed by atoms with E-state index in [0.717, 1.165) is 11.4 Å². The van der Waals surface area contributed by atoms with Crippen LogP contribution in [-0.4, -0.2) is 0 Å². The maximum absolute atomic E-state index is 3.93. The Morgan fingerprint density at radius 1 is 0.367 bits per heavy atom. The van der Waals surface area contributed by atoms with Crippen LogP contribution in [-0.2, 0) is 5.41 Å². The Kier molecular flexibility index (Phi) is 6.34. The van der Waals surface area contributed by atoms with Gasteiger partial charge in [0.15, 0.2) is 0 Å². The minimum Gasteiger partial charge on any atom is -0.354 e. The normalized spacial score (nSPS) is 13.1. The van der Waals surface area contributed by atoms with Crippen LogP contribution in [0, 0.1) is 0 Å². The van der Waals surface area contributed by atoms with Crippen molar-refractivity contribution >= 4 is 53.7 Å². The second-order valence-electron chi connectivity index (χ2n) is 12.9. The second-order valence-corrected chi connectivity index (χ2v) is 13.9. The minimum absolute atomic E-state index is 0.432. The summed E-state index contributed by atoms with van der Waals surface area (Å²) in [5.74, 6) is 0. The summed E-state index contributed by atoms with van der Waals surface area (Å²) >= 11 is 1.88. The summed E-state index contributed by atoms with van der Waals surface area (Å²) in [6.07, 6.45) is 0. The molecule has 49 heavy (non-hydrogen) atoms. The number of thiophene rings is 1. The van der Waals surface area contributed by atoms with Gasteiger partial charge in [-0.25, -0.2) is 0 Å². The molecule has 0 saturated carbocycles. The van der Waals surface area contributed by atoms with E-state index in [-0.39, 0.29) is 0 Å². The van der Waals surface area contributed by atoms with Crippen molar-refractivity contribution in [2.45, 2.75) is 5.41 Å². The molecule has 0 fully saturated rings. The number of hydrogen-bond acceptors (Lipinski definition) is 2. The Labute approximate surface area is 289 Å². The molecule has 230 valence electrons. The minimum atomic E-state index is -0.432. The van der Waals surface area contributed by atoms with Gasteiger partial charge < -0.3 is 5.32 Å². The van der Waals surface area contributed by atoms with E-state index in [0.29, 0.717) is 0 Å². The van der Waals surface area contributed by atoms with Crippen molar-refractivity contribution in [2.75, 3.05) is 5.32 Å². The molecule has 8 aromatic carbocycles. The third-order valence-electron chi connectivity index (χ3n) is 10.4. The van der Waals surface area contributed by atoms with E-state index in [1.54, 1.807) is 0 Å². The molecule has 0 unspecified atom stereocenters. The fraction of sp³-hybridized carbons (Fsp3) is 0.0213. The van der Waals surface area contributed by atoms with Gasteiger partial charge in [0.25, 0.3) is 0 Å². The number of nitrogens with one attached hydrogen (secondary N) is 1. The summed E-state index contributed by atoms with van der Waals surface area (Å²) in [6, 6.07) is 66.6. The SMILES string of the molecule is c1ccc(C2(c3ccccc3)c3ccccc3-c3c(-c4ccccc4Nc4cccc5c4sc4c6ccccc6ccc54)cccc32)cc1. The van der Waals surface area contributed by atoms with Crippen LogP contribution in [0.4, 0.5) is 11.4 Å². The molecule has 0 spiro atoms. The zero-order valence-corrected chi connectivity index (χ0v) is 27.5. The summed E-state index contributed by atoms with van der Waals surface area (Å²) in [6.45, 7) is 0. The molecule has 1 aliphatic carbocycles. The maximum Gasteiger partial charge on any atom is 0.0713 e. The van der Waals surface area contributed by atoms with Crippen molar-refractivity contribution < 1.29 is 0 Å². The average molecular weight is 642 g/mol. The monoisotopic (exact) mass is 641 g/mol. The first-order valence-electron chi connectivity index (χ1n) is 16.9. The van der Waals surface area contributed by atoms with Crippen molar-refractivity contribution in [1.82, 2.24) is 0 Å². The zero-order chi connectivity index (χ0) is 32.4. The molecule has 9 aromatic rings. The molecule has 1 N–H and O–H groups in total. The van der Waals surface area contributed by atoms with Gasteiger partial charge in [0, 0.05) is 26.7 Å². The van der Waals surface area contributed by atoms with E-state index in [9.17, 15) is 0 Å². The second kappa shape index (κ2) is 11.1. The topological polar surface area (TPSA) is 12.0 Å². The van der Waals surface area contributed by atoms with Crippen LogP contribution in [0.1, 0.15) is 22.3 Å².